The maximum absolute atomic E-state index is 2.36. The van der Waals surface area contributed by atoms with E-state index in [0.717, 1.165) is 51.4 Å². The third kappa shape index (κ3) is 21.7. The van der Waals surface area contributed by atoms with E-state index in [1.165, 1.54) is 262 Å². The van der Waals surface area contributed by atoms with Crippen molar-refractivity contribution in [1.82, 2.24) is 0 Å². The molecule has 143 heavy (non-hydrogen) atoms. The van der Waals surface area contributed by atoms with Crippen LogP contribution < -0.4 is 0 Å². The lowest BCUT2D eigenvalue weighted by Gasteiger charge is -1.97. The Morgan fingerprint density at radius 3 is 1.34 bits per heavy atom. The molecule has 0 saturated heterocycles. The molecule has 0 saturated carbocycles. The van der Waals surface area contributed by atoms with E-state index in [4.69, 9.17) is 0 Å². The van der Waals surface area contributed by atoms with Crippen molar-refractivity contribution in [3.63, 3.8) is 0 Å². The lowest BCUT2D eigenvalue weighted by Crippen LogP contribution is -1.79. The molecule has 0 aliphatic heterocycles. The summed E-state index contributed by atoms with van der Waals surface area (Å²) in [6.45, 7) is 26.1. The first-order valence-corrected chi connectivity index (χ1v) is 59.5. The van der Waals surface area contributed by atoms with E-state index in [2.05, 4.69) is 387 Å². The van der Waals surface area contributed by atoms with Gasteiger partial charge in [0.25, 0.3) is 0 Å². The summed E-state index contributed by atoms with van der Waals surface area (Å²) in [5.74, 6) is 0. The normalized spacial score (nSPS) is 14.8. The Morgan fingerprint density at radius 1 is 0.224 bits per heavy atom. The van der Waals surface area contributed by atoms with Crippen LogP contribution in [0.5, 0.6) is 0 Å². The summed E-state index contributed by atoms with van der Waals surface area (Å²) in [4.78, 5) is 29.4. The highest BCUT2D eigenvalue weighted by atomic mass is 32.1. The second-order valence-electron chi connectivity index (χ2n) is 38.8. The second kappa shape index (κ2) is 43.0. The van der Waals surface area contributed by atoms with Crippen LogP contribution in [-0.4, -0.2) is 0 Å². The highest BCUT2D eigenvalue weighted by Gasteiger charge is 2.30. The molecule has 12 heterocycles. The molecule has 0 nitrogen and oxygen atoms in total. The number of thiophene rings is 12. The Labute approximate surface area is 893 Å². The van der Waals surface area contributed by atoms with Crippen LogP contribution in [0.25, 0.3) is 119 Å². The molecule has 0 spiro atoms. The van der Waals surface area contributed by atoms with Gasteiger partial charge in [-0.1, -0.05) is 195 Å². The summed E-state index contributed by atoms with van der Waals surface area (Å²) in [5, 5.41) is 8.21. The molecule has 14 aliphatic rings. The van der Waals surface area contributed by atoms with Crippen LogP contribution >= 0.6 is 136 Å². The number of allylic oxidation sites excluding steroid dienone is 20. The third-order valence-electron chi connectivity index (χ3n) is 27.9. The van der Waals surface area contributed by atoms with Crippen molar-refractivity contribution in [2.75, 3.05) is 0 Å². The first-order valence-electron chi connectivity index (χ1n) is 49.7. The first kappa shape index (κ1) is 98.2. The third-order valence-corrected chi connectivity index (χ3v) is 40.6. The van der Waals surface area contributed by atoms with Gasteiger partial charge in [0.15, 0.2) is 0 Å². The van der Waals surface area contributed by atoms with Gasteiger partial charge in [0.2, 0.25) is 0 Å². The minimum absolute atomic E-state index is 0. The van der Waals surface area contributed by atoms with Crippen LogP contribution in [0.3, 0.4) is 0 Å². The molecule has 0 amide bonds. The molecule has 0 atom stereocenters. The van der Waals surface area contributed by atoms with Crippen molar-refractivity contribution >= 4 is 234 Å². The quantitative estimate of drug-likeness (QED) is 0.142. The van der Waals surface area contributed by atoms with Crippen molar-refractivity contribution in [3.05, 3.63) is 466 Å². The molecule has 12 heteroatoms. The molecular formula is C131H118S12. The van der Waals surface area contributed by atoms with E-state index in [1.54, 1.807) is 58.5 Å². The van der Waals surface area contributed by atoms with Crippen molar-refractivity contribution < 1.29 is 0 Å². The van der Waals surface area contributed by atoms with E-state index in [0.29, 0.717) is 0 Å². The molecule has 714 valence electrons. The summed E-state index contributed by atoms with van der Waals surface area (Å²) in [6.07, 6.45) is 52.6. The summed E-state index contributed by atoms with van der Waals surface area (Å²) < 4.78 is 5.62. The van der Waals surface area contributed by atoms with Gasteiger partial charge in [0.05, 0.1) is 0 Å². The summed E-state index contributed by atoms with van der Waals surface area (Å²) >= 11 is 23.0. The minimum Gasteiger partial charge on any atom is -0.145 e. The molecule has 19 aromatic rings. The van der Waals surface area contributed by atoms with E-state index >= 15 is 0 Å². The predicted molar refractivity (Wildman–Crippen MR) is 648 cm³/mol. The smallest absolute Gasteiger partial charge is 0.0383 e. The first-order chi connectivity index (χ1) is 69.1. The molecule has 12 aromatic heterocycles. The van der Waals surface area contributed by atoms with E-state index in [9.17, 15) is 0 Å². The largest absolute Gasteiger partial charge is 0.145 e. The predicted octanol–water partition coefficient (Wildman–Crippen LogP) is 41.6. The van der Waals surface area contributed by atoms with E-state index in [1.807, 2.05) is 136 Å². The Bertz CT molecular complexity index is 8120. The average Bonchev–Trinajstić information content (AvgIpc) is 1.62. The summed E-state index contributed by atoms with van der Waals surface area (Å²) in [5.41, 5.74) is 36.3. The van der Waals surface area contributed by atoms with Gasteiger partial charge in [-0.05, 0) is 429 Å². The zero-order valence-electron chi connectivity index (χ0n) is 82.7. The van der Waals surface area contributed by atoms with Crippen LogP contribution in [0.1, 0.15) is 198 Å². The maximum atomic E-state index is 2.36. The monoisotopic (exact) mass is 2070 g/mol. The minimum atomic E-state index is 0. The van der Waals surface area contributed by atoms with Crippen LogP contribution in [0.2, 0.25) is 0 Å². The van der Waals surface area contributed by atoms with Crippen LogP contribution in [0, 0.1) is 83.1 Å². The number of aryl methyl sites for hydroxylation is 12. The van der Waals surface area contributed by atoms with Gasteiger partial charge in [-0.15, -0.1) is 136 Å². The van der Waals surface area contributed by atoms with Gasteiger partial charge in [0, 0.05) is 142 Å². The second-order valence-corrected chi connectivity index (χ2v) is 54.4. The fourth-order valence-electron chi connectivity index (χ4n) is 21.7. The van der Waals surface area contributed by atoms with Gasteiger partial charge in [-0.25, -0.2) is 0 Å². The Hall–Kier alpha value is -10.9. The number of fused-ring (bicyclic) bond motifs is 25. The van der Waals surface area contributed by atoms with Gasteiger partial charge in [0.1, 0.15) is 0 Å². The molecule has 0 unspecified atom stereocenters. The van der Waals surface area contributed by atoms with Crippen molar-refractivity contribution in [1.29, 1.82) is 0 Å². The number of rotatable bonds is 0. The van der Waals surface area contributed by atoms with Gasteiger partial charge in [-0.3, -0.25) is 0 Å². The SMILES string of the molecule is C.Cc1cc2c(s1)-c1ccccc1C2.Cc1cc2c(s1)C1=C(C=CC1)C2.Cc1cc2c(s1)C1=CCC=C1C2.Cc1cc2c(s1)C=CC2.Cc1cc2c(s1)CC1=C2C=CC1.Cc1cc2c(s1)CC1=CCC=C12.Cc1cc2c(s1)CC=C2.Cc1cc2c(s1)Cc1ccccc1-2.Cc1cc2cc3c(cc2s1)C=CC3.Cc1cc2cc3c(cc2s1)C=CC3.Cc1cc2cc3ccccc3cc2s1.Cc1cc2ccccc2s1. The van der Waals surface area contributed by atoms with Crippen molar-refractivity contribution in [3.8, 4) is 21.6 Å². The van der Waals surface area contributed by atoms with Gasteiger partial charge < -0.3 is 0 Å². The Morgan fingerprint density at radius 2 is 0.678 bits per heavy atom. The standard InChI is InChI=1S/C13H10S.4C12H10S.4C11H10S.C9H8S.2C8H8S.CH4/c1-9-6-12-7-10-4-2-3-5-11(10)8-13(12)14-9;2*1-8-5-11-6-9-3-2-4-10(9)7-12(11)13-8;1-8-6-10-7-9-4-2-3-5-11(9)12(10)13-8;1-8-6-11-10-5-3-2-4-9(10)7-12(11)13-8;2*1-7-5-9-6-8-3-2-4-10(8)11(9)12-7;2*1-7-5-10-9-4-2-3-8(9)6-11(10)12-7;1-7-6-8-4-2-3-5-9(8)10-7;2*1-6-5-7-3-2-4-8(7)9-6;/h2-8H,1H3;2*2,4-7H,3H2,1H3;2*2-6H,7H2,1H3;3-5H,2,6H2,1H3;2-3,5H,4,6H2,1H3;3-5H,2,6H2,1H3;2,4-5H,3,6H2,1H3;2-6H,1H3;2,4-5H,3H2,1H3;2-3,5H,4H2,1H3;1H4. The zero-order valence-corrected chi connectivity index (χ0v) is 92.5. The van der Waals surface area contributed by atoms with Crippen LogP contribution in [0.4, 0.5) is 0 Å². The van der Waals surface area contributed by atoms with E-state index in [-0.39, 0.29) is 7.43 Å². The topological polar surface area (TPSA) is 0 Å². The lowest BCUT2D eigenvalue weighted by molar-refractivity contribution is 1.14. The van der Waals surface area contributed by atoms with Crippen molar-refractivity contribution in [2.24, 2.45) is 0 Å². The molecule has 0 N–H and O–H groups in total. The molecular weight excluding hydrogens is 1960 g/mol. The maximum Gasteiger partial charge on any atom is 0.0383 e. The number of benzene rings is 7. The van der Waals surface area contributed by atoms with Crippen molar-refractivity contribution in [2.45, 2.75) is 180 Å². The summed E-state index contributed by atoms with van der Waals surface area (Å²) in [6, 6.07) is 75.8. The van der Waals surface area contributed by atoms with E-state index < -0.39 is 0 Å². The lowest BCUT2D eigenvalue weighted by atomic mass is 10.1. The fraction of sp³-hybridized carbons (Fsp3) is 0.206. The molecule has 14 aliphatic carbocycles. The van der Waals surface area contributed by atoms with Gasteiger partial charge >= 0.3 is 0 Å². The number of hydrogen-bond donors (Lipinski definition) is 0. The highest BCUT2D eigenvalue weighted by molar-refractivity contribution is 7.20. The summed E-state index contributed by atoms with van der Waals surface area (Å²) in [7, 11) is 0. The van der Waals surface area contributed by atoms with Crippen LogP contribution in [0.15, 0.2) is 301 Å². The average molecular weight is 2080 g/mol. The molecule has 0 radical (unpaired) electrons. The molecule has 33 rings (SSSR count). The molecule has 7 aromatic carbocycles. The van der Waals surface area contributed by atoms with Gasteiger partial charge in [-0.2, -0.15) is 0 Å². The Balaban J connectivity index is 0.0000000922. The zero-order chi connectivity index (χ0) is 96.9. The Kier molecular flexibility index (Phi) is 29.5. The molecule has 0 fully saturated rings. The fourth-order valence-corrected chi connectivity index (χ4v) is 34.0. The highest BCUT2D eigenvalue weighted by Crippen LogP contribution is 2.50. The number of hydrogen-bond acceptors (Lipinski definition) is 12. The van der Waals surface area contributed by atoms with Crippen LogP contribution in [-0.2, 0) is 64.2 Å². The molecule has 0 bridgehead atoms.